The fourth-order valence-electron chi connectivity index (χ4n) is 0.730. The predicted octanol–water partition coefficient (Wildman–Crippen LogP) is -0.830. The maximum Gasteiger partial charge on any atom is 0.219 e. The van der Waals surface area contributed by atoms with Crippen molar-refractivity contribution in [3.63, 3.8) is 0 Å². The third kappa shape index (κ3) is 4.25. The van der Waals surface area contributed by atoms with Crippen molar-refractivity contribution in [2.24, 2.45) is 5.73 Å². The van der Waals surface area contributed by atoms with E-state index in [9.17, 15) is 9.18 Å². The number of amides is 1. The minimum atomic E-state index is -1.16. The van der Waals surface area contributed by atoms with Gasteiger partial charge >= 0.3 is 0 Å². The lowest BCUT2D eigenvalue weighted by atomic mass is 10.1. The second-order valence-electron chi connectivity index (χ2n) is 2.60. The van der Waals surface area contributed by atoms with Gasteiger partial charge in [-0.25, -0.2) is 4.39 Å². The first kappa shape index (κ1) is 11.3. The summed E-state index contributed by atoms with van der Waals surface area (Å²) in [6.07, 6.45) is -0.644. The first-order valence-corrected chi connectivity index (χ1v) is 3.82. The van der Waals surface area contributed by atoms with Crippen LogP contribution >= 0.6 is 0 Å². The normalized spacial score (nSPS) is 15.3. The number of alkyl halides is 1. The van der Waals surface area contributed by atoms with Crippen molar-refractivity contribution in [3.05, 3.63) is 0 Å². The predicted molar refractivity (Wildman–Crippen MR) is 43.3 cm³/mol. The largest absolute Gasteiger partial charge is 0.389 e. The van der Waals surface area contributed by atoms with Gasteiger partial charge in [0, 0.05) is 19.5 Å². The summed E-state index contributed by atoms with van der Waals surface area (Å²) in [7, 11) is 1.51. The molecule has 2 unspecified atom stereocenters. The van der Waals surface area contributed by atoms with Gasteiger partial charge in [-0.15, -0.1) is 0 Å². The van der Waals surface area contributed by atoms with E-state index in [1.54, 1.807) is 0 Å². The molecule has 0 aromatic heterocycles. The Bertz CT molecular complexity index is 143. The van der Waals surface area contributed by atoms with E-state index >= 15 is 0 Å². The van der Waals surface area contributed by atoms with Gasteiger partial charge in [0.15, 0.2) is 0 Å². The van der Waals surface area contributed by atoms with Crippen LogP contribution in [-0.4, -0.2) is 36.9 Å². The molecule has 0 aliphatic rings. The molecule has 12 heavy (non-hydrogen) atoms. The molecule has 5 heteroatoms. The monoisotopic (exact) mass is 178 g/mol. The molecule has 0 heterocycles. The van der Waals surface area contributed by atoms with Crippen molar-refractivity contribution in [2.45, 2.75) is 25.0 Å². The van der Waals surface area contributed by atoms with E-state index in [0.29, 0.717) is 6.42 Å². The molecule has 4 N–H and O–H groups in total. The van der Waals surface area contributed by atoms with Crippen molar-refractivity contribution in [1.82, 2.24) is 5.32 Å². The van der Waals surface area contributed by atoms with Crippen molar-refractivity contribution in [3.8, 4) is 0 Å². The van der Waals surface area contributed by atoms with E-state index < -0.39 is 18.8 Å². The maximum atomic E-state index is 11.8. The number of nitrogens with one attached hydrogen (secondary N) is 1. The van der Waals surface area contributed by atoms with Gasteiger partial charge in [0.2, 0.25) is 5.91 Å². The van der Waals surface area contributed by atoms with Crippen molar-refractivity contribution in [2.75, 3.05) is 13.7 Å². The summed E-state index contributed by atoms with van der Waals surface area (Å²) in [6, 6.07) is -0.660. The molecule has 4 nitrogen and oxygen atoms in total. The van der Waals surface area contributed by atoms with Gasteiger partial charge in [0.25, 0.3) is 0 Å². The zero-order valence-electron chi connectivity index (χ0n) is 7.09. The zero-order chi connectivity index (χ0) is 9.56. The quantitative estimate of drug-likeness (QED) is 0.514. The topological polar surface area (TPSA) is 75.4 Å². The Morgan fingerprint density at radius 3 is 2.75 bits per heavy atom. The van der Waals surface area contributed by atoms with Crippen LogP contribution in [0.3, 0.4) is 0 Å². The molecule has 1 amide bonds. The molecular weight excluding hydrogens is 163 g/mol. The fourth-order valence-corrected chi connectivity index (χ4v) is 0.730. The summed E-state index contributed by atoms with van der Waals surface area (Å²) >= 11 is 0. The van der Waals surface area contributed by atoms with Gasteiger partial charge in [-0.3, -0.25) is 4.79 Å². The van der Waals surface area contributed by atoms with E-state index in [0.717, 1.165) is 0 Å². The lowest BCUT2D eigenvalue weighted by Crippen LogP contribution is -2.37. The van der Waals surface area contributed by atoms with E-state index in [1.807, 2.05) is 0 Å². The molecular formula is C7H15FN2O2. The third-order valence-corrected chi connectivity index (χ3v) is 1.64. The molecule has 0 aliphatic heterocycles. The number of halogens is 1. The van der Waals surface area contributed by atoms with E-state index in [2.05, 4.69) is 5.32 Å². The van der Waals surface area contributed by atoms with Crippen LogP contribution in [0.1, 0.15) is 12.8 Å². The van der Waals surface area contributed by atoms with Crippen LogP contribution in [0.5, 0.6) is 0 Å². The minimum Gasteiger partial charge on any atom is -0.389 e. The Morgan fingerprint density at radius 2 is 2.33 bits per heavy atom. The molecule has 0 rings (SSSR count). The van der Waals surface area contributed by atoms with Gasteiger partial charge in [0.1, 0.15) is 6.67 Å². The van der Waals surface area contributed by atoms with Crippen LogP contribution < -0.4 is 11.1 Å². The maximum absolute atomic E-state index is 11.8. The van der Waals surface area contributed by atoms with Crippen molar-refractivity contribution >= 4 is 5.91 Å². The number of carbonyl (C=O) groups excluding carboxylic acids is 1. The van der Waals surface area contributed by atoms with Gasteiger partial charge in [0.05, 0.1) is 6.10 Å². The molecule has 0 fully saturated rings. The summed E-state index contributed by atoms with van der Waals surface area (Å²) in [6.45, 7) is -0.866. The van der Waals surface area contributed by atoms with Gasteiger partial charge in [-0.05, 0) is 6.42 Å². The van der Waals surface area contributed by atoms with Gasteiger partial charge in [-0.1, -0.05) is 0 Å². The van der Waals surface area contributed by atoms with Gasteiger partial charge in [-0.2, -0.15) is 0 Å². The Labute approximate surface area is 70.9 Å². The fraction of sp³-hybridized carbons (Fsp3) is 0.857. The Morgan fingerprint density at radius 1 is 1.75 bits per heavy atom. The van der Waals surface area contributed by atoms with Crippen LogP contribution in [0.2, 0.25) is 0 Å². The summed E-state index contributed by atoms with van der Waals surface area (Å²) in [5.74, 6) is -0.156. The second kappa shape index (κ2) is 5.91. The average molecular weight is 178 g/mol. The van der Waals surface area contributed by atoms with Gasteiger partial charge < -0.3 is 16.2 Å². The van der Waals surface area contributed by atoms with Crippen LogP contribution in [0, 0.1) is 0 Å². The number of aliphatic hydroxyl groups is 1. The summed E-state index contributed by atoms with van der Waals surface area (Å²) in [5, 5.41) is 11.3. The number of carbonyl (C=O) groups is 1. The molecule has 72 valence electrons. The number of hydrogen-bond donors (Lipinski definition) is 3. The number of hydrogen-bond acceptors (Lipinski definition) is 3. The lowest BCUT2D eigenvalue weighted by Gasteiger charge is -2.14. The number of nitrogens with two attached hydrogens (primary N) is 1. The van der Waals surface area contributed by atoms with Crippen LogP contribution in [0.15, 0.2) is 0 Å². The smallest absolute Gasteiger partial charge is 0.219 e. The Hall–Kier alpha value is -0.680. The van der Waals surface area contributed by atoms with Crippen molar-refractivity contribution in [1.29, 1.82) is 0 Å². The molecule has 0 saturated heterocycles. The molecule has 0 saturated carbocycles. The molecule has 0 radical (unpaired) electrons. The Balaban J connectivity index is 3.56. The molecule has 0 aromatic rings. The number of rotatable bonds is 5. The third-order valence-electron chi connectivity index (χ3n) is 1.64. The first-order chi connectivity index (χ1) is 5.61. The standard InChI is InChI=1S/C7H15FN2O2/c1-10-7(12)3-2-5(9)6(11)4-8/h5-6,11H,2-4,9H2,1H3,(H,10,12). The highest BCUT2D eigenvalue weighted by Gasteiger charge is 2.14. The Kier molecular flexibility index (Phi) is 5.57. The van der Waals surface area contributed by atoms with Crippen molar-refractivity contribution < 1.29 is 14.3 Å². The lowest BCUT2D eigenvalue weighted by molar-refractivity contribution is -0.120. The summed E-state index contributed by atoms with van der Waals surface area (Å²) in [5.41, 5.74) is 5.36. The molecule has 0 bridgehead atoms. The highest BCUT2D eigenvalue weighted by atomic mass is 19.1. The molecule has 0 aromatic carbocycles. The summed E-state index contributed by atoms with van der Waals surface area (Å²) < 4.78 is 11.8. The molecule has 0 spiro atoms. The number of aliphatic hydroxyl groups excluding tert-OH is 1. The van der Waals surface area contributed by atoms with Crippen LogP contribution in [0.4, 0.5) is 4.39 Å². The zero-order valence-corrected chi connectivity index (χ0v) is 7.09. The SMILES string of the molecule is CNC(=O)CCC(N)C(O)CF. The minimum absolute atomic E-state index is 0.156. The van der Waals surface area contributed by atoms with Crippen LogP contribution in [0.25, 0.3) is 0 Å². The van der Waals surface area contributed by atoms with E-state index in [1.165, 1.54) is 7.05 Å². The molecule has 0 aliphatic carbocycles. The second-order valence-corrected chi connectivity index (χ2v) is 2.60. The first-order valence-electron chi connectivity index (χ1n) is 3.82. The highest BCUT2D eigenvalue weighted by Crippen LogP contribution is 2.00. The highest BCUT2D eigenvalue weighted by molar-refractivity contribution is 5.75. The van der Waals surface area contributed by atoms with E-state index in [-0.39, 0.29) is 12.3 Å². The summed E-state index contributed by atoms with van der Waals surface area (Å²) in [4.78, 5) is 10.7. The average Bonchev–Trinajstić information content (AvgIpc) is 2.11. The molecule has 2 atom stereocenters. The van der Waals surface area contributed by atoms with Crippen LogP contribution in [-0.2, 0) is 4.79 Å². The van der Waals surface area contributed by atoms with E-state index in [4.69, 9.17) is 10.8 Å².